The summed E-state index contributed by atoms with van der Waals surface area (Å²) < 4.78 is 0. The molecule has 0 heterocycles. The highest BCUT2D eigenvalue weighted by Crippen LogP contribution is 2.65. The van der Waals surface area contributed by atoms with Crippen LogP contribution in [-0.2, 0) is 14.4 Å². The van der Waals surface area contributed by atoms with Crippen LogP contribution in [0.25, 0.3) is 0 Å². The Balaban J connectivity index is 1.63. The molecule has 0 aromatic carbocycles. The normalized spacial score (nSPS) is 42.7. The van der Waals surface area contributed by atoms with Gasteiger partial charge in [-0.05, 0) is 75.5 Å². The minimum absolute atomic E-state index is 0.00177. The molecule has 0 aliphatic heterocycles. The number of hydrogen-bond donors (Lipinski definition) is 2. The van der Waals surface area contributed by atoms with Gasteiger partial charge in [0.05, 0.1) is 11.7 Å². The van der Waals surface area contributed by atoms with E-state index in [9.17, 15) is 24.6 Å². The van der Waals surface area contributed by atoms with E-state index in [1.165, 1.54) is 0 Å². The molecule has 4 rings (SSSR count). The quantitative estimate of drug-likeness (QED) is 0.519. The van der Waals surface area contributed by atoms with Gasteiger partial charge in [0, 0.05) is 41.2 Å². The van der Waals surface area contributed by atoms with Gasteiger partial charge in [-0.25, -0.2) is 0 Å². The molecular weight excluding hydrogens is 440 g/mol. The Morgan fingerprint density at radius 3 is 2.40 bits per heavy atom. The van der Waals surface area contributed by atoms with Crippen LogP contribution in [0.1, 0.15) is 92.9 Å². The zero-order valence-corrected chi connectivity index (χ0v) is 22.4. The lowest BCUT2D eigenvalue weighted by Crippen LogP contribution is -2.61. The number of aliphatic hydroxyl groups is 2. The van der Waals surface area contributed by atoms with Gasteiger partial charge < -0.3 is 10.2 Å². The highest BCUT2D eigenvalue weighted by atomic mass is 16.3. The van der Waals surface area contributed by atoms with Crippen molar-refractivity contribution in [3.63, 3.8) is 0 Å². The Labute approximate surface area is 210 Å². The first-order chi connectivity index (χ1) is 16.2. The minimum Gasteiger partial charge on any atom is -0.390 e. The molecule has 5 nitrogen and oxygen atoms in total. The number of rotatable bonds is 6. The Morgan fingerprint density at radius 2 is 1.77 bits per heavy atom. The fourth-order valence-electron chi connectivity index (χ4n) is 8.57. The van der Waals surface area contributed by atoms with E-state index >= 15 is 0 Å². The predicted octanol–water partition coefficient (Wildman–Crippen LogP) is 4.99. The zero-order valence-electron chi connectivity index (χ0n) is 22.4. The van der Waals surface area contributed by atoms with Gasteiger partial charge in [-0.2, -0.15) is 0 Å². The van der Waals surface area contributed by atoms with Crippen LogP contribution in [0, 0.1) is 40.4 Å². The number of carbonyl (C=O) groups excluding carboxylic acids is 3. The van der Waals surface area contributed by atoms with E-state index < -0.39 is 23.0 Å². The van der Waals surface area contributed by atoms with Crippen LogP contribution in [0.15, 0.2) is 23.3 Å². The molecule has 4 unspecified atom stereocenters. The van der Waals surface area contributed by atoms with Crippen LogP contribution in [0.2, 0.25) is 0 Å². The summed E-state index contributed by atoms with van der Waals surface area (Å²) in [5.74, 6) is 0.414. The molecule has 2 saturated carbocycles. The van der Waals surface area contributed by atoms with Crippen molar-refractivity contribution in [1.29, 1.82) is 0 Å². The number of fused-ring (bicyclic) bond motifs is 4. The number of Topliss-reactive ketones (excluding diaryl/α,β-unsaturated/α-hetero) is 3. The van der Waals surface area contributed by atoms with Gasteiger partial charge in [-0.1, -0.05) is 39.8 Å². The van der Waals surface area contributed by atoms with E-state index in [1.807, 2.05) is 13.8 Å². The van der Waals surface area contributed by atoms with Gasteiger partial charge in [-0.3, -0.25) is 14.4 Å². The van der Waals surface area contributed by atoms with Crippen LogP contribution in [-0.4, -0.2) is 39.3 Å². The summed E-state index contributed by atoms with van der Waals surface area (Å²) in [7, 11) is 0. The lowest BCUT2D eigenvalue weighted by atomic mass is 9.47. The molecule has 2 fully saturated rings. The SMILES string of the molecule is C=C(CC[C@@H](C)C1CCC2C3=C(C(=O)C[C@@]21C)[C@@]1(C)CC[C@@H](O)[C@](C)(O)C1CC3=O)C(C)C(C)=O. The molecule has 4 aliphatic rings. The highest BCUT2D eigenvalue weighted by molar-refractivity contribution is 6.11. The zero-order chi connectivity index (χ0) is 26.1. The van der Waals surface area contributed by atoms with E-state index in [4.69, 9.17) is 0 Å². The molecule has 9 atom stereocenters. The average molecular weight is 485 g/mol. The van der Waals surface area contributed by atoms with Crippen molar-refractivity contribution in [3.05, 3.63) is 23.3 Å². The van der Waals surface area contributed by atoms with E-state index in [1.54, 1.807) is 13.8 Å². The molecule has 0 radical (unpaired) electrons. The monoisotopic (exact) mass is 484 g/mol. The van der Waals surface area contributed by atoms with E-state index in [2.05, 4.69) is 20.4 Å². The van der Waals surface area contributed by atoms with Crippen LogP contribution in [0.3, 0.4) is 0 Å². The topological polar surface area (TPSA) is 91.7 Å². The third-order valence-corrected chi connectivity index (χ3v) is 11.0. The van der Waals surface area contributed by atoms with E-state index in [-0.39, 0.29) is 41.0 Å². The third kappa shape index (κ3) is 3.92. The second kappa shape index (κ2) is 8.76. The first kappa shape index (κ1) is 26.5. The average Bonchev–Trinajstić information content (AvgIpc) is 3.12. The second-order valence-corrected chi connectivity index (χ2v) is 13.0. The first-order valence-electron chi connectivity index (χ1n) is 13.6. The van der Waals surface area contributed by atoms with Crippen molar-refractivity contribution in [2.75, 3.05) is 0 Å². The van der Waals surface area contributed by atoms with Crippen molar-refractivity contribution in [1.82, 2.24) is 0 Å². The van der Waals surface area contributed by atoms with E-state index in [0.717, 1.165) is 36.8 Å². The largest absolute Gasteiger partial charge is 0.390 e. The molecule has 0 aromatic heterocycles. The molecule has 4 aliphatic carbocycles. The Kier molecular flexibility index (Phi) is 6.63. The summed E-state index contributed by atoms with van der Waals surface area (Å²) in [6.45, 7) is 15.8. The van der Waals surface area contributed by atoms with Crippen LogP contribution >= 0.6 is 0 Å². The Morgan fingerprint density at radius 1 is 1.11 bits per heavy atom. The van der Waals surface area contributed by atoms with Gasteiger partial charge in [0.15, 0.2) is 11.6 Å². The lowest BCUT2D eigenvalue weighted by molar-refractivity contribution is -0.170. The summed E-state index contributed by atoms with van der Waals surface area (Å²) in [5.41, 5.74) is 0.188. The van der Waals surface area contributed by atoms with E-state index in [0.29, 0.717) is 36.7 Å². The number of ketones is 3. The van der Waals surface area contributed by atoms with Crippen molar-refractivity contribution >= 4 is 17.3 Å². The van der Waals surface area contributed by atoms with Gasteiger partial charge in [0.1, 0.15) is 5.78 Å². The fraction of sp³-hybridized carbons (Fsp3) is 0.767. The maximum atomic E-state index is 13.9. The van der Waals surface area contributed by atoms with Crippen LogP contribution < -0.4 is 0 Å². The molecule has 35 heavy (non-hydrogen) atoms. The molecule has 5 heteroatoms. The number of allylic oxidation sites excluding steroid dienone is 3. The molecule has 2 N–H and O–H groups in total. The summed E-state index contributed by atoms with van der Waals surface area (Å²) >= 11 is 0. The van der Waals surface area contributed by atoms with Crippen LogP contribution in [0.5, 0.6) is 0 Å². The maximum Gasteiger partial charge on any atom is 0.160 e. The van der Waals surface area contributed by atoms with Crippen molar-refractivity contribution in [2.45, 2.75) is 105 Å². The smallest absolute Gasteiger partial charge is 0.160 e. The minimum atomic E-state index is -1.38. The summed E-state index contributed by atoms with van der Waals surface area (Å²) in [6.07, 6.45) is 4.44. The van der Waals surface area contributed by atoms with Crippen molar-refractivity contribution in [3.8, 4) is 0 Å². The summed E-state index contributed by atoms with van der Waals surface area (Å²) in [4.78, 5) is 39.2. The summed E-state index contributed by atoms with van der Waals surface area (Å²) in [5, 5.41) is 21.7. The fourth-order valence-corrected chi connectivity index (χ4v) is 8.57. The molecule has 0 spiro atoms. The van der Waals surface area contributed by atoms with Gasteiger partial charge in [-0.15, -0.1) is 0 Å². The number of carbonyl (C=O) groups is 3. The standard InChI is InChI=1S/C30H44O5/c1-16(18(3)19(4)31)8-9-17(2)20-10-11-21-26-22(32)14-24-28(5,13-12-25(34)30(24,7)35)27(26)23(33)15-29(20,21)6/h17-18,20-21,24-25,34-35H,1,8-15H2,2-7H3/t17-,18?,20?,21?,24?,25-,28+,29-,30-/m1/s1. The van der Waals surface area contributed by atoms with Crippen molar-refractivity contribution < 1.29 is 24.6 Å². The molecule has 0 amide bonds. The molecule has 0 saturated heterocycles. The van der Waals surface area contributed by atoms with Gasteiger partial charge >= 0.3 is 0 Å². The third-order valence-electron chi connectivity index (χ3n) is 11.0. The lowest BCUT2D eigenvalue weighted by Gasteiger charge is -2.57. The second-order valence-electron chi connectivity index (χ2n) is 13.0. The molecule has 0 bridgehead atoms. The van der Waals surface area contributed by atoms with Crippen LogP contribution in [0.4, 0.5) is 0 Å². The first-order valence-corrected chi connectivity index (χ1v) is 13.6. The molecule has 0 aromatic rings. The number of hydrogen-bond acceptors (Lipinski definition) is 5. The predicted molar refractivity (Wildman–Crippen MR) is 135 cm³/mol. The van der Waals surface area contributed by atoms with Gasteiger partial charge in [0.2, 0.25) is 0 Å². The molecular formula is C30H44O5. The Hall–Kier alpha value is -1.59. The highest BCUT2D eigenvalue weighted by Gasteiger charge is 2.64. The maximum absolute atomic E-state index is 13.9. The van der Waals surface area contributed by atoms with Gasteiger partial charge in [0.25, 0.3) is 0 Å². The van der Waals surface area contributed by atoms with Crippen molar-refractivity contribution in [2.24, 2.45) is 40.4 Å². The Bertz CT molecular complexity index is 989. The number of aliphatic hydroxyl groups excluding tert-OH is 1. The summed E-state index contributed by atoms with van der Waals surface area (Å²) in [6, 6.07) is 0. The molecule has 194 valence electrons.